The summed E-state index contributed by atoms with van der Waals surface area (Å²) in [5.41, 5.74) is 3.22. The molecule has 0 unspecified atom stereocenters. The first-order valence-corrected chi connectivity index (χ1v) is 9.82. The van der Waals surface area contributed by atoms with E-state index in [1.54, 1.807) is 0 Å². The summed E-state index contributed by atoms with van der Waals surface area (Å²) in [5, 5.41) is 3.93. The molecule has 27 heavy (non-hydrogen) atoms. The van der Waals surface area contributed by atoms with Gasteiger partial charge in [-0.2, -0.15) is 0 Å². The van der Waals surface area contributed by atoms with Gasteiger partial charge in [-0.15, -0.1) is 11.3 Å². The van der Waals surface area contributed by atoms with E-state index in [0.29, 0.717) is 9.90 Å². The van der Waals surface area contributed by atoms with Crippen LogP contribution in [0.3, 0.4) is 0 Å². The van der Waals surface area contributed by atoms with Crippen molar-refractivity contribution in [3.05, 3.63) is 88.3 Å². The number of nitrogens with one attached hydrogen (secondary N) is 1. The van der Waals surface area contributed by atoms with Crippen molar-refractivity contribution in [1.82, 2.24) is 10.3 Å². The summed E-state index contributed by atoms with van der Waals surface area (Å²) in [5.74, 6) is -0.117. The van der Waals surface area contributed by atoms with Gasteiger partial charge in [0.1, 0.15) is 0 Å². The van der Waals surface area contributed by atoms with E-state index in [1.165, 1.54) is 11.3 Å². The molecule has 1 amide bonds. The number of hydrogen-bond acceptors (Lipinski definition) is 3. The second kappa shape index (κ2) is 7.51. The number of pyridine rings is 1. The molecule has 2 aromatic heterocycles. The molecule has 4 aromatic rings. The molecule has 134 valence electrons. The van der Waals surface area contributed by atoms with Gasteiger partial charge in [0.2, 0.25) is 0 Å². The summed E-state index contributed by atoms with van der Waals surface area (Å²) in [6.45, 7) is 1.98. The predicted molar refractivity (Wildman–Crippen MR) is 112 cm³/mol. The quantitative estimate of drug-likeness (QED) is 0.455. The Hall–Kier alpha value is -2.69. The predicted octanol–water partition coefficient (Wildman–Crippen LogP) is 6.11. The van der Waals surface area contributed by atoms with Crippen LogP contribution in [0.25, 0.3) is 21.5 Å². The Kier molecular flexibility index (Phi) is 4.92. The maximum Gasteiger partial charge on any atom is 0.252 e. The number of aromatic nitrogens is 1. The average Bonchev–Trinajstić information content (AvgIpc) is 3.14. The first kappa shape index (κ1) is 17.7. The van der Waals surface area contributed by atoms with Crippen LogP contribution in [0.15, 0.2) is 72.8 Å². The molecule has 3 nitrogen and oxygen atoms in total. The van der Waals surface area contributed by atoms with Gasteiger partial charge in [0.25, 0.3) is 5.91 Å². The van der Waals surface area contributed by atoms with E-state index >= 15 is 0 Å². The van der Waals surface area contributed by atoms with E-state index in [4.69, 9.17) is 16.6 Å². The van der Waals surface area contributed by atoms with Gasteiger partial charge >= 0.3 is 0 Å². The molecule has 2 aromatic carbocycles. The smallest absolute Gasteiger partial charge is 0.252 e. The summed E-state index contributed by atoms with van der Waals surface area (Å²) in [6.07, 6.45) is 0. The van der Waals surface area contributed by atoms with Crippen LogP contribution in [-0.2, 0) is 0 Å². The molecule has 0 bridgehead atoms. The lowest BCUT2D eigenvalue weighted by Gasteiger charge is -2.16. The summed E-state index contributed by atoms with van der Waals surface area (Å²) in [6, 6.07) is 23.1. The Bertz CT molecular complexity index is 1110. The van der Waals surface area contributed by atoms with Crippen LogP contribution in [-0.4, -0.2) is 10.9 Å². The molecule has 0 aliphatic rings. The summed E-state index contributed by atoms with van der Waals surface area (Å²) in [4.78, 5) is 18.7. The van der Waals surface area contributed by atoms with Gasteiger partial charge in [-0.05, 0) is 36.8 Å². The Balaban J connectivity index is 1.74. The fourth-order valence-corrected chi connectivity index (χ4v) is 4.04. The van der Waals surface area contributed by atoms with Gasteiger partial charge in [0, 0.05) is 5.39 Å². The van der Waals surface area contributed by atoms with Gasteiger partial charge in [-0.25, -0.2) is 4.98 Å². The number of fused-ring (bicyclic) bond motifs is 1. The highest BCUT2D eigenvalue weighted by Crippen LogP contribution is 2.32. The topological polar surface area (TPSA) is 42.0 Å². The lowest BCUT2D eigenvalue weighted by Crippen LogP contribution is -2.27. The van der Waals surface area contributed by atoms with Gasteiger partial charge < -0.3 is 5.32 Å². The van der Waals surface area contributed by atoms with Crippen LogP contribution in [0.1, 0.15) is 28.9 Å². The number of rotatable bonds is 4. The number of hydrogen-bond donors (Lipinski definition) is 1. The normalized spacial score (nSPS) is 12.1. The Morgan fingerprint density at radius 1 is 1.04 bits per heavy atom. The molecule has 0 spiro atoms. The highest BCUT2D eigenvalue weighted by molar-refractivity contribution is 7.19. The van der Waals surface area contributed by atoms with E-state index in [2.05, 4.69) is 5.32 Å². The van der Waals surface area contributed by atoms with Crippen molar-refractivity contribution in [3.8, 4) is 10.6 Å². The third-order valence-electron chi connectivity index (χ3n) is 4.43. The number of nitrogens with zero attached hydrogens (tertiary/aromatic N) is 1. The molecule has 0 saturated heterocycles. The first-order chi connectivity index (χ1) is 13.1. The third-order valence-corrected chi connectivity index (χ3v) is 5.69. The zero-order chi connectivity index (χ0) is 18.8. The van der Waals surface area contributed by atoms with Crippen LogP contribution in [0.2, 0.25) is 4.34 Å². The highest BCUT2D eigenvalue weighted by atomic mass is 35.5. The summed E-state index contributed by atoms with van der Waals surface area (Å²) in [7, 11) is 0. The minimum atomic E-state index is -0.117. The molecule has 1 N–H and O–H groups in total. The maximum atomic E-state index is 13.1. The molecule has 0 radical (unpaired) electrons. The molecule has 0 aliphatic heterocycles. The van der Waals surface area contributed by atoms with Gasteiger partial charge in [0.15, 0.2) is 0 Å². The number of carbonyl (C=O) groups excluding carboxylic acids is 1. The number of thiophene rings is 1. The second-order valence-corrected chi connectivity index (χ2v) is 8.00. The molecule has 0 saturated carbocycles. The molecule has 4 rings (SSSR count). The largest absolute Gasteiger partial charge is 0.345 e. The number of benzene rings is 2. The Morgan fingerprint density at radius 3 is 2.52 bits per heavy atom. The van der Waals surface area contributed by atoms with E-state index < -0.39 is 0 Å². The van der Waals surface area contributed by atoms with Gasteiger partial charge in [-0.3, -0.25) is 4.79 Å². The van der Waals surface area contributed by atoms with E-state index in [9.17, 15) is 4.79 Å². The van der Waals surface area contributed by atoms with E-state index in [-0.39, 0.29) is 11.9 Å². The fourth-order valence-electron chi connectivity index (χ4n) is 3.04. The summed E-state index contributed by atoms with van der Waals surface area (Å²) < 4.78 is 0.698. The number of para-hydroxylation sites is 1. The van der Waals surface area contributed by atoms with Gasteiger partial charge in [0.05, 0.1) is 32.0 Å². The monoisotopic (exact) mass is 392 g/mol. The van der Waals surface area contributed by atoms with Gasteiger partial charge in [-0.1, -0.05) is 60.1 Å². The summed E-state index contributed by atoms with van der Waals surface area (Å²) >= 11 is 7.53. The van der Waals surface area contributed by atoms with Crippen molar-refractivity contribution < 1.29 is 4.79 Å². The van der Waals surface area contributed by atoms with Crippen molar-refractivity contribution in [2.75, 3.05) is 0 Å². The van der Waals surface area contributed by atoms with Crippen molar-refractivity contribution in [1.29, 1.82) is 0 Å². The van der Waals surface area contributed by atoms with Crippen molar-refractivity contribution in [2.24, 2.45) is 0 Å². The minimum Gasteiger partial charge on any atom is -0.345 e. The van der Waals surface area contributed by atoms with Crippen molar-refractivity contribution in [2.45, 2.75) is 13.0 Å². The molecular formula is C22H17ClN2OS. The standard InChI is InChI=1S/C22H17ClN2OS/c1-14(15-7-3-2-4-8-15)24-22(26)17-13-19(20-11-12-21(23)27-20)25-18-10-6-5-9-16(17)18/h2-14H,1H3,(H,24,26)/t14-/m1/s1. The maximum absolute atomic E-state index is 13.1. The SMILES string of the molecule is C[C@@H](NC(=O)c1cc(-c2ccc(Cl)s2)nc2ccccc12)c1ccccc1. The van der Waals surface area contributed by atoms with E-state index in [0.717, 1.165) is 27.0 Å². The number of amides is 1. The molecule has 1 atom stereocenters. The van der Waals surface area contributed by atoms with Crippen molar-refractivity contribution >= 4 is 39.7 Å². The van der Waals surface area contributed by atoms with Crippen LogP contribution in [0, 0.1) is 0 Å². The van der Waals surface area contributed by atoms with Crippen LogP contribution in [0.5, 0.6) is 0 Å². The molecule has 0 fully saturated rings. The lowest BCUT2D eigenvalue weighted by atomic mass is 10.0. The minimum absolute atomic E-state index is 0.0924. The highest BCUT2D eigenvalue weighted by Gasteiger charge is 2.17. The van der Waals surface area contributed by atoms with Crippen LogP contribution < -0.4 is 5.32 Å². The molecule has 5 heteroatoms. The van der Waals surface area contributed by atoms with Crippen molar-refractivity contribution in [3.63, 3.8) is 0 Å². The average molecular weight is 393 g/mol. The van der Waals surface area contributed by atoms with Crippen LogP contribution in [0.4, 0.5) is 0 Å². The number of halogens is 1. The van der Waals surface area contributed by atoms with Crippen LogP contribution >= 0.6 is 22.9 Å². The Morgan fingerprint density at radius 2 is 1.78 bits per heavy atom. The zero-order valence-corrected chi connectivity index (χ0v) is 16.2. The lowest BCUT2D eigenvalue weighted by molar-refractivity contribution is 0.0941. The molecule has 2 heterocycles. The number of carbonyl (C=O) groups is 1. The third kappa shape index (κ3) is 3.72. The fraction of sp³-hybridized carbons (Fsp3) is 0.0909. The first-order valence-electron chi connectivity index (χ1n) is 8.63. The molecule has 0 aliphatic carbocycles. The zero-order valence-electron chi connectivity index (χ0n) is 14.6. The van der Waals surface area contributed by atoms with E-state index in [1.807, 2.05) is 79.7 Å². The molecular weight excluding hydrogens is 376 g/mol. The second-order valence-electron chi connectivity index (χ2n) is 6.28. The Labute approximate surface area is 166 Å².